The molecule has 4 heteroatoms. The van der Waals surface area contributed by atoms with E-state index in [0.29, 0.717) is 12.2 Å². The van der Waals surface area contributed by atoms with E-state index in [9.17, 15) is 4.79 Å². The summed E-state index contributed by atoms with van der Waals surface area (Å²) in [6.07, 6.45) is 7.56. The summed E-state index contributed by atoms with van der Waals surface area (Å²) in [6, 6.07) is 13.8. The van der Waals surface area contributed by atoms with Crippen LogP contribution in [0, 0.1) is 0 Å². The summed E-state index contributed by atoms with van der Waals surface area (Å²) < 4.78 is 0. The Morgan fingerprint density at radius 1 is 1.00 bits per heavy atom. The number of nitrogens with zero attached hydrogens (tertiary/aromatic N) is 2. The van der Waals surface area contributed by atoms with Crippen LogP contribution < -0.4 is 5.56 Å². The van der Waals surface area contributed by atoms with Crippen molar-refractivity contribution in [1.29, 1.82) is 0 Å². The molecule has 2 aromatic heterocycles. The Morgan fingerprint density at radius 2 is 1.71 bits per heavy atom. The quantitative estimate of drug-likeness (QED) is 0.752. The maximum Gasteiger partial charge on any atom is 0.273 e. The van der Waals surface area contributed by atoms with Crippen molar-refractivity contribution in [3.63, 3.8) is 0 Å². The van der Waals surface area contributed by atoms with Gasteiger partial charge in [0.2, 0.25) is 0 Å². The number of aromatic nitrogens is 3. The van der Waals surface area contributed by atoms with Crippen molar-refractivity contribution in [2.75, 3.05) is 0 Å². The van der Waals surface area contributed by atoms with Crippen LogP contribution in [0.5, 0.6) is 0 Å². The lowest BCUT2D eigenvalue weighted by molar-refractivity contribution is 0.794. The maximum atomic E-state index is 11.9. The first-order valence-corrected chi connectivity index (χ1v) is 8.33. The van der Waals surface area contributed by atoms with E-state index in [1.807, 2.05) is 12.1 Å². The fourth-order valence-corrected chi connectivity index (χ4v) is 2.68. The monoisotopic (exact) mass is 319 g/mol. The SMILES string of the molecule is CCCCc1ccc(Cc2nc(=O)cc(-c3ccncc3)[nH]2)cc1. The zero-order chi connectivity index (χ0) is 16.8. The van der Waals surface area contributed by atoms with Gasteiger partial charge in [-0.2, -0.15) is 4.98 Å². The topological polar surface area (TPSA) is 58.6 Å². The number of H-pyrrole nitrogens is 1. The average molecular weight is 319 g/mol. The number of hydrogen-bond donors (Lipinski definition) is 1. The van der Waals surface area contributed by atoms with Gasteiger partial charge in [-0.15, -0.1) is 0 Å². The third-order valence-corrected chi connectivity index (χ3v) is 4.00. The maximum absolute atomic E-state index is 11.9. The molecule has 0 atom stereocenters. The van der Waals surface area contributed by atoms with E-state index < -0.39 is 0 Å². The van der Waals surface area contributed by atoms with Crippen LogP contribution in [-0.4, -0.2) is 15.0 Å². The molecule has 1 N–H and O–H groups in total. The number of nitrogens with one attached hydrogen (secondary N) is 1. The van der Waals surface area contributed by atoms with Crippen molar-refractivity contribution in [1.82, 2.24) is 15.0 Å². The minimum atomic E-state index is -0.227. The highest BCUT2D eigenvalue weighted by atomic mass is 16.1. The largest absolute Gasteiger partial charge is 0.343 e. The van der Waals surface area contributed by atoms with Crippen LogP contribution in [0.15, 0.2) is 59.7 Å². The predicted molar refractivity (Wildman–Crippen MR) is 95.9 cm³/mol. The van der Waals surface area contributed by atoms with E-state index in [2.05, 4.69) is 46.1 Å². The first-order chi connectivity index (χ1) is 11.7. The van der Waals surface area contributed by atoms with Gasteiger partial charge < -0.3 is 4.98 Å². The van der Waals surface area contributed by atoms with Gasteiger partial charge in [-0.1, -0.05) is 37.6 Å². The van der Waals surface area contributed by atoms with Crippen molar-refractivity contribution in [3.8, 4) is 11.3 Å². The van der Waals surface area contributed by atoms with Gasteiger partial charge >= 0.3 is 0 Å². The Morgan fingerprint density at radius 3 is 2.42 bits per heavy atom. The molecule has 122 valence electrons. The highest BCUT2D eigenvalue weighted by Gasteiger charge is 2.05. The predicted octanol–water partition coefficient (Wildman–Crippen LogP) is 3.77. The number of hydrogen-bond acceptors (Lipinski definition) is 3. The highest BCUT2D eigenvalue weighted by molar-refractivity contribution is 5.57. The van der Waals surface area contributed by atoms with Crippen LogP contribution in [-0.2, 0) is 12.8 Å². The first-order valence-electron chi connectivity index (χ1n) is 8.33. The van der Waals surface area contributed by atoms with Gasteiger partial charge in [-0.05, 0) is 36.1 Å². The summed E-state index contributed by atoms with van der Waals surface area (Å²) in [5.74, 6) is 0.677. The van der Waals surface area contributed by atoms with Crippen molar-refractivity contribution in [3.05, 3.63) is 82.2 Å². The summed E-state index contributed by atoms with van der Waals surface area (Å²) in [5.41, 5.74) is 3.97. The van der Waals surface area contributed by atoms with Gasteiger partial charge in [0.1, 0.15) is 5.82 Å². The van der Waals surface area contributed by atoms with Crippen LogP contribution in [0.4, 0.5) is 0 Å². The number of aryl methyl sites for hydroxylation is 1. The molecule has 3 rings (SSSR count). The third-order valence-electron chi connectivity index (χ3n) is 4.00. The molecule has 0 aliphatic carbocycles. The van der Waals surface area contributed by atoms with E-state index in [4.69, 9.17) is 0 Å². The Balaban J connectivity index is 1.80. The van der Waals surface area contributed by atoms with Gasteiger partial charge in [-0.3, -0.25) is 9.78 Å². The van der Waals surface area contributed by atoms with E-state index in [-0.39, 0.29) is 5.56 Å². The normalized spacial score (nSPS) is 10.7. The molecule has 0 amide bonds. The van der Waals surface area contributed by atoms with E-state index in [1.54, 1.807) is 12.4 Å². The van der Waals surface area contributed by atoms with Gasteiger partial charge in [0.25, 0.3) is 5.56 Å². The summed E-state index contributed by atoms with van der Waals surface area (Å²) in [6.45, 7) is 2.20. The summed E-state index contributed by atoms with van der Waals surface area (Å²) in [4.78, 5) is 23.3. The summed E-state index contributed by atoms with van der Waals surface area (Å²) in [5, 5.41) is 0. The molecule has 0 saturated heterocycles. The second-order valence-corrected chi connectivity index (χ2v) is 5.91. The van der Waals surface area contributed by atoms with Crippen LogP contribution >= 0.6 is 0 Å². The van der Waals surface area contributed by atoms with Crippen LogP contribution in [0.3, 0.4) is 0 Å². The molecule has 0 spiro atoms. The zero-order valence-electron chi connectivity index (χ0n) is 13.8. The van der Waals surface area contributed by atoms with Crippen LogP contribution in [0.25, 0.3) is 11.3 Å². The standard InChI is InChI=1S/C20H21N3O/c1-2-3-4-15-5-7-16(8-6-15)13-19-22-18(14-20(24)23-19)17-9-11-21-12-10-17/h5-12,14H,2-4,13H2,1H3,(H,22,23,24). The molecular weight excluding hydrogens is 298 g/mol. The zero-order valence-corrected chi connectivity index (χ0v) is 13.8. The minimum Gasteiger partial charge on any atom is -0.343 e. The van der Waals surface area contributed by atoms with Crippen molar-refractivity contribution in [2.24, 2.45) is 0 Å². The van der Waals surface area contributed by atoms with Gasteiger partial charge in [0.05, 0.1) is 5.69 Å². The molecular formula is C20H21N3O. The van der Waals surface area contributed by atoms with E-state index in [1.165, 1.54) is 24.5 Å². The number of benzene rings is 1. The van der Waals surface area contributed by atoms with E-state index in [0.717, 1.165) is 23.2 Å². The molecule has 2 heterocycles. The molecule has 0 fully saturated rings. The summed E-state index contributed by atoms with van der Waals surface area (Å²) >= 11 is 0. The van der Waals surface area contributed by atoms with Gasteiger partial charge in [-0.25, -0.2) is 0 Å². The lowest BCUT2D eigenvalue weighted by atomic mass is 10.0. The van der Waals surface area contributed by atoms with Crippen LogP contribution in [0.2, 0.25) is 0 Å². The second kappa shape index (κ2) is 7.68. The lowest BCUT2D eigenvalue weighted by Gasteiger charge is -2.06. The van der Waals surface area contributed by atoms with E-state index >= 15 is 0 Å². The average Bonchev–Trinajstić information content (AvgIpc) is 2.61. The number of aromatic amines is 1. The second-order valence-electron chi connectivity index (χ2n) is 5.91. The highest BCUT2D eigenvalue weighted by Crippen LogP contribution is 2.15. The molecule has 24 heavy (non-hydrogen) atoms. The molecule has 0 bridgehead atoms. The smallest absolute Gasteiger partial charge is 0.273 e. The fourth-order valence-electron chi connectivity index (χ4n) is 2.68. The Kier molecular flexibility index (Phi) is 5.16. The molecule has 4 nitrogen and oxygen atoms in total. The minimum absolute atomic E-state index is 0.227. The molecule has 1 aromatic carbocycles. The Labute approximate surface area is 141 Å². The number of unbranched alkanes of at least 4 members (excludes halogenated alkanes) is 1. The Hall–Kier alpha value is -2.75. The Bertz CT molecular complexity index is 839. The molecule has 0 unspecified atom stereocenters. The molecule has 0 saturated carbocycles. The van der Waals surface area contributed by atoms with Crippen molar-refractivity contribution < 1.29 is 0 Å². The molecule has 0 aliphatic rings. The van der Waals surface area contributed by atoms with Crippen LogP contribution in [0.1, 0.15) is 36.7 Å². The van der Waals surface area contributed by atoms with Gasteiger partial charge in [0.15, 0.2) is 0 Å². The third kappa shape index (κ3) is 4.16. The molecule has 0 radical (unpaired) electrons. The molecule has 3 aromatic rings. The summed E-state index contributed by atoms with van der Waals surface area (Å²) in [7, 11) is 0. The first kappa shape index (κ1) is 16.1. The fraction of sp³-hybridized carbons (Fsp3) is 0.250. The molecule has 0 aliphatic heterocycles. The van der Waals surface area contributed by atoms with Crippen molar-refractivity contribution >= 4 is 0 Å². The number of rotatable bonds is 6. The lowest BCUT2D eigenvalue weighted by Crippen LogP contribution is -2.11. The van der Waals surface area contributed by atoms with Gasteiger partial charge in [0, 0.05) is 30.4 Å². The van der Waals surface area contributed by atoms with Crippen molar-refractivity contribution in [2.45, 2.75) is 32.6 Å². The number of pyridine rings is 1.